The van der Waals surface area contributed by atoms with Crippen molar-refractivity contribution >= 4 is 0 Å². The molecule has 2 fully saturated rings. The Morgan fingerprint density at radius 3 is 1.69 bits per heavy atom. The van der Waals surface area contributed by atoms with E-state index in [1.54, 1.807) is 0 Å². The van der Waals surface area contributed by atoms with Gasteiger partial charge in [0, 0.05) is 0 Å². The summed E-state index contributed by atoms with van der Waals surface area (Å²) in [6, 6.07) is 18.9. The Kier molecular flexibility index (Phi) is 4.76. The molecule has 2 heterocycles. The molecule has 26 heavy (non-hydrogen) atoms. The van der Waals surface area contributed by atoms with E-state index in [1.807, 2.05) is 6.07 Å². The van der Waals surface area contributed by atoms with Crippen LogP contribution >= 0.6 is 0 Å². The Morgan fingerprint density at radius 1 is 0.769 bits per heavy atom. The maximum absolute atomic E-state index is 6.64. The third-order valence-electron chi connectivity index (χ3n) is 6.29. The van der Waals surface area contributed by atoms with E-state index in [4.69, 9.17) is 14.2 Å². The molecule has 0 unspecified atom stereocenters. The first-order valence-electron chi connectivity index (χ1n) is 9.69. The van der Waals surface area contributed by atoms with Crippen molar-refractivity contribution in [2.75, 3.05) is 26.4 Å². The third kappa shape index (κ3) is 2.93. The molecule has 0 radical (unpaired) electrons. The molecule has 3 nitrogen and oxygen atoms in total. The first kappa shape index (κ1) is 17.6. The van der Waals surface area contributed by atoms with Crippen LogP contribution in [0.3, 0.4) is 0 Å². The minimum absolute atomic E-state index is 0.109. The Bertz CT molecular complexity index is 682. The average Bonchev–Trinajstić information content (AvgIpc) is 2.62. The number of benzene rings is 2. The lowest BCUT2D eigenvalue weighted by molar-refractivity contribution is -0.251. The summed E-state index contributed by atoms with van der Waals surface area (Å²) in [6.07, 6.45) is 2.28. The lowest BCUT2D eigenvalue weighted by atomic mass is 9.63. The van der Waals surface area contributed by atoms with Gasteiger partial charge in [-0.05, 0) is 36.1 Å². The number of ether oxygens (including phenoxy) is 3. The molecule has 2 aliphatic rings. The van der Waals surface area contributed by atoms with E-state index >= 15 is 0 Å². The maximum Gasteiger partial charge on any atom is 0.119 e. The monoisotopic (exact) mass is 352 g/mol. The molecule has 0 aromatic heterocycles. The Balaban J connectivity index is 1.58. The highest BCUT2D eigenvalue weighted by Crippen LogP contribution is 2.49. The van der Waals surface area contributed by atoms with E-state index in [0.29, 0.717) is 0 Å². The van der Waals surface area contributed by atoms with Gasteiger partial charge >= 0.3 is 0 Å². The molecule has 2 aromatic rings. The van der Waals surface area contributed by atoms with Gasteiger partial charge < -0.3 is 14.2 Å². The lowest BCUT2D eigenvalue weighted by Crippen LogP contribution is -2.65. The molecule has 0 aliphatic carbocycles. The zero-order chi connectivity index (χ0) is 18.0. The van der Waals surface area contributed by atoms with Crippen molar-refractivity contribution in [1.29, 1.82) is 0 Å². The van der Waals surface area contributed by atoms with E-state index in [9.17, 15) is 0 Å². The van der Waals surface area contributed by atoms with Gasteiger partial charge in [0.2, 0.25) is 0 Å². The topological polar surface area (TPSA) is 27.7 Å². The number of rotatable bonds is 7. The van der Waals surface area contributed by atoms with Crippen LogP contribution in [0.25, 0.3) is 11.1 Å². The molecule has 2 aliphatic heterocycles. The smallest absolute Gasteiger partial charge is 0.119 e. The van der Waals surface area contributed by atoms with Crippen LogP contribution < -0.4 is 4.74 Å². The first-order chi connectivity index (χ1) is 12.7. The van der Waals surface area contributed by atoms with Crippen molar-refractivity contribution in [3.05, 3.63) is 54.6 Å². The fourth-order valence-corrected chi connectivity index (χ4v) is 4.20. The molecule has 0 saturated carbocycles. The molecule has 2 aromatic carbocycles. The first-order valence-corrected chi connectivity index (χ1v) is 9.69. The Morgan fingerprint density at radius 2 is 1.27 bits per heavy atom. The Labute approximate surface area is 156 Å². The summed E-state index contributed by atoms with van der Waals surface area (Å²) in [7, 11) is 0. The molecule has 2 saturated heterocycles. The van der Waals surface area contributed by atoms with Gasteiger partial charge in [-0.25, -0.2) is 0 Å². The minimum atomic E-state index is 0.109. The van der Waals surface area contributed by atoms with E-state index < -0.39 is 0 Å². The van der Waals surface area contributed by atoms with E-state index in [0.717, 1.165) is 45.0 Å². The van der Waals surface area contributed by atoms with Gasteiger partial charge in [-0.1, -0.05) is 56.3 Å². The lowest BCUT2D eigenvalue weighted by Gasteiger charge is -2.56. The highest BCUT2D eigenvalue weighted by atomic mass is 16.5. The SMILES string of the molecule is CCC1(C(Oc2ccc(-c3ccccc3)cc2)C2(CC)COC2)COC1. The van der Waals surface area contributed by atoms with Gasteiger partial charge in [0.25, 0.3) is 0 Å². The van der Waals surface area contributed by atoms with Gasteiger partial charge in [0.15, 0.2) is 0 Å². The molecule has 0 bridgehead atoms. The molecule has 0 spiro atoms. The summed E-state index contributed by atoms with van der Waals surface area (Å²) in [5, 5.41) is 0. The molecular formula is C23H28O3. The minimum Gasteiger partial charge on any atom is -0.489 e. The standard InChI is InChI=1S/C23H28O3/c1-3-22(14-24-15-22)21(23(4-2)16-25-17-23)26-20-12-10-19(11-13-20)18-8-6-5-7-9-18/h5-13,21H,3-4,14-17H2,1-2H3. The molecule has 4 rings (SSSR count). The quantitative estimate of drug-likeness (QED) is 0.705. The van der Waals surface area contributed by atoms with Gasteiger partial charge in [-0.2, -0.15) is 0 Å². The van der Waals surface area contributed by atoms with Crippen LogP contribution in [-0.2, 0) is 9.47 Å². The highest BCUT2D eigenvalue weighted by Gasteiger charge is 2.58. The van der Waals surface area contributed by atoms with Crippen molar-refractivity contribution in [1.82, 2.24) is 0 Å². The summed E-state index contributed by atoms with van der Waals surface area (Å²) in [5.41, 5.74) is 2.66. The summed E-state index contributed by atoms with van der Waals surface area (Å²) in [6.45, 7) is 7.66. The highest BCUT2D eigenvalue weighted by molar-refractivity contribution is 5.63. The van der Waals surface area contributed by atoms with Crippen LogP contribution in [0.4, 0.5) is 0 Å². The van der Waals surface area contributed by atoms with Crippen LogP contribution in [0.5, 0.6) is 5.75 Å². The number of hydrogen-bond acceptors (Lipinski definition) is 3. The summed E-state index contributed by atoms with van der Waals surface area (Å²) >= 11 is 0. The van der Waals surface area contributed by atoms with Crippen molar-refractivity contribution in [3.8, 4) is 16.9 Å². The zero-order valence-electron chi connectivity index (χ0n) is 15.7. The largest absolute Gasteiger partial charge is 0.489 e. The van der Waals surface area contributed by atoms with E-state index in [1.165, 1.54) is 11.1 Å². The second-order valence-electron chi connectivity index (χ2n) is 7.81. The predicted molar refractivity (Wildman–Crippen MR) is 103 cm³/mol. The summed E-state index contributed by atoms with van der Waals surface area (Å²) in [5.74, 6) is 0.939. The zero-order valence-corrected chi connectivity index (χ0v) is 15.7. The van der Waals surface area contributed by atoms with Gasteiger partial charge in [0.1, 0.15) is 11.9 Å². The predicted octanol–water partition coefficient (Wildman–Crippen LogP) is 4.95. The molecule has 3 heteroatoms. The third-order valence-corrected chi connectivity index (χ3v) is 6.29. The van der Waals surface area contributed by atoms with Crippen LogP contribution in [0.2, 0.25) is 0 Å². The summed E-state index contributed by atoms with van der Waals surface area (Å²) in [4.78, 5) is 0. The summed E-state index contributed by atoms with van der Waals surface area (Å²) < 4.78 is 17.9. The second kappa shape index (κ2) is 7.05. The second-order valence-corrected chi connectivity index (χ2v) is 7.81. The van der Waals surface area contributed by atoms with Crippen molar-refractivity contribution in [2.24, 2.45) is 10.8 Å². The average molecular weight is 352 g/mol. The van der Waals surface area contributed by atoms with Crippen molar-refractivity contribution < 1.29 is 14.2 Å². The molecule has 0 N–H and O–H groups in total. The van der Waals surface area contributed by atoms with Crippen LogP contribution in [0, 0.1) is 10.8 Å². The van der Waals surface area contributed by atoms with Crippen LogP contribution in [0.15, 0.2) is 54.6 Å². The van der Waals surface area contributed by atoms with Crippen LogP contribution in [-0.4, -0.2) is 32.5 Å². The van der Waals surface area contributed by atoms with Gasteiger partial charge in [-0.3, -0.25) is 0 Å². The number of hydrogen-bond donors (Lipinski definition) is 0. The molecular weight excluding hydrogens is 324 g/mol. The van der Waals surface area contributed by atoms with Crippen molar-refractivity contribution in [2.45, 2.75) is 32.8 Å². The Hall–Kier alpha value is -1.84. The van der Waals surface area contributed by atoms with Crippen LogP contribution in [0.1, 0.15) is 26.7 Å². The molecule has 0 amide bonds. The fraction of sp³-hybridized carbons (Fsp3) is 0.478. The van der Waals surface area contributed by atoms with Gasteiger partial charge in [0.05, 0.1) is 37.3 Å². The van der Waals surface area contributed by atoms with Crippen molar-refractivity contribution in [3.63, 3.8) is 0 Å². The fourth-order valence-electron chi connectivity index (χ4n) is 4.20. The van der Waals surface area contributed by atoms with Gasteiger partial charge in [-0.15, -0.1) is 0 Å². The van der Waals surface area contributed by atoms with E-state index in [-0.39, 0.29) is 16.9 Å². The normalized spacial score (nSPS) is 20.3. The molecule has 138 valence electrons. The van der Waals surface area contributed by atoms with E-state index in [2.05, 4.69) is 62.4 Å². The molecule has 0 atom stereocenters. The maximum atomic E-state index is 6.64.